The zero-order valence-corrected chi connectivity index (χ0v) is 11.4. The average molecular weight is 288 g/mol. The van der Waals surface area contributed by atoms with E-state index >= 15 is 0 Å². The Morgan fingerprint density at radius 1 is 1.22 bits per heavy atom. The molecule has 5 heteroatoms. The molecule has 1 aliphatic carbocycles. The van der Waals surface area contributed by atoms with Gasteiger partial charge in [0, 0.05) is 11.1 Å². The number of ether oxygens (including phenoxy) is 1. The zero-order chi connectivity index (χ0) is 13.0. The van der Waals surface area contributed by atoms with E-state index in [2.05, 4.69) is 5.32 Å². The van der Waals surface area contributed by atoms with Crippen LogP contribution in [0.3, 0.4) is 0 Å². The first-order chi connectivity index (χ1) is 8.65. The monoisotopic (exact) mass is 287 g/mol. The number of benzene rings is 1. The third kappa shape index (κ3) is 3.79. The van der Waals surface area contributed by atoms with Gasteiger partial charge in [0.1, 0.15) is 0 Å². The van der Waals surface area contributed by atoms with E-state index in [1.54, 1.807) is 18.2 Å². The summed E-state index contributed by atoms with van der Waals surface area (Å²) in [5.41, 5.74) is 0. The summed E-state index contributed by atoms with van der Waals surface area (Å²) in [4.78, 5) is 11.7. The standard InChI is InChI=1S/C13H15Cl2NO2/c14-9-6-7-12(11(15)8-9)18-13(17)16-10-4-2-1-3-5-10/h6-8,10H,1-5H2,(H,16,17). The van der Waals surface area contributed by atoms with Gasteiger partial charge in [0.15, 0.2) is 5.75 Å². The molecule has 0 aromatic heterocycles. The molecule has 1 amide bonds. The normalized spacial score (nSPS) is 16.3. The summed E-state index contributed by atoms with van der Waals surface area (Å²) in [6.45, 7) is 0. The van der Waals surface area contributed by atoms with Crippen molar-refractivity contribution >= 4 is 29.3 Å². The quantitative estimate of drug-likeness (QED) is 0.875. The summed E-state index contributed by atoms with van der Waals surface area (Å²) in [5.74, 6) is 0.328. The molecule has 0 spiro atoms. The maximum atomic E-state index is 11.7. The molecular formula is C13H15Cl2NO2. The van der Waals surface area contributed by atoms with Crippen LogP contribution in [0.25, 0.3) is 0 Å². The molecule has 0 radical (unpaired) electrons. The second kappa shape index (κ2) is 6.30. The third-order valence-corrected chi connectivity index (χ3v) is 3.55. The fourth-order valence-electron chi connectivity index (χ4n) is 2.10. The Hall–Kier alpha value is -0.930. The van der Waals surface area contributed by atoms with Gasteiger partial charge in [-0.15, -0.1) is 0 Å². The summed E-state index contributed by atoms with van der Waals surface area (Å²) in [7, 11) is 0. The van der Waals surface area contributed by atoms with Gasteiger partial charge in [0.2, 0.25) is 0 Å². The number of amides is 1. The van der Waals surface area contributed by atoms with Gasteiger partial charge >= 0.3 is 6.09 Å². The molecule has 0 bridgehead atoms. The first-order valence-corrected chi connectivity index (χ1v) is 6.84. The van der Waals surface area contributed by atoms with Gasteiger partial charge < -0.3 is 10.1 Å². The fraction of sp³-hybridized carbons (Fsp3) is 0.462. The Labute approximate surface area is 116 Å². The van der Waals surface area contributed by atoms with Crippen LogP contribution in [0.4, 0.5) is 4.79 Å². The minimum Gasteiger partial charge on any atom is -0.409 e. The number of carbonyl (C=O) groups is 1. The fourth-order valence-corrected chi connectivity index (χ4v) is 2.55. The molecule has 18 heavy (non-hydrogen) atoms. The molecule has 1 fully saturated rings. The molecule has 1 aromatic rings. The molecule has 1 saturated carbocycles. The minimum atomic E-state index is -0.453. The summed E-state index contributed by atoms with van der Waals surface area (Å²) in [6.07, 6.45) is 5.15. The van der Waals surface area contributed by atoms with Crippen molar-refractivity contribution in [1.29, 1.82) is 0 Å². The van der Waals surface area contributed by atoms with Crippen molar-refractivity contribution in [3.63, 3.8) is 0 Å². The lowest BCUT2D eigenvalue weighted by Crippen LogP contribution is -2.38. The second-order valence-electron chi connectivity index (χ2n) is 4.44. The number of nitrogens with one attached hydrogen (secondary N) is 1. The molecule has 0 heterocycles. The topological polar surface area (TPSA) is 38.3 Å². The molecule has 98 valence electrons. The molecular weight excluding hydrogens is 273 g/mol. The van der Waals surface area contributed by atoms with E-state index < -0.39 is 6.09 Å². The van der Waals surface area contributed by atoms with E-state index in [0.29, 0.717) is 15.8 Å². The van der Waals surface area contributed by atoms with Crippen LogP contribution in [0.2, 0.25) is 10.0 Å². The van der Waals surface area contributed by atoms with Crippen LogP contribution in [0, 0.1) is 0 Å². The van der Waals surface area contributed by atoms with Crippen LogP contribution in [0.1, 0.15) is 32.1 Å². The number of carbonyl (C=O) groups excluding carboxylic acids is 1. The highest BCUT2D eigenvalue weighted by molar-refractivity contribution is 6.35. The molecule has 0 unspecified atom stereocenters. The van der Waals surface area contributed by atoms with Crippen molar-refractivity contribution in [2.24, 2.45) is 0 Å². The molecule has 1 N–H and O–H groups in total. The van der Waals surface area contributed by atoms with Crippen LogP contribution in [-0.4, -0.2) is 12.1 Å². The Balaban J connectivity index is 1.90. The Kier molecular flexibility index (Phi) is 4.72. The molecule has 0 saturated heterocycles. The molecule has 2 rings (SSSR count). The molecule has 1 aromatic carbocycles. The van der Waals surface area contributed by atoms with Crippen LogP contribution in [0.5, 0.6) is 5.75 Å². The highest BCUT2D eigenvalue weighted by Crippen LogP contribution is 2.27. The SMILES string of the molecule is O=C(NC1CCCCC1)Oc1ccc(Cl)cc1Cl. The van der Waals surface area contributed by atoms with Gasteiger partial charge in [0.05, 0.1) is 5.02 Å². The summed E-state index contributed by atoms with van der Waals surface area (Å²) < 4.78 is 5.16. The lowest BCUT2D eigenvalue weighted by molar-refractivity contribution is 0.192. The van der Waals surface area contributed by atoms with Crippen molar-refractivity contribution in [2.45, 2.75) is 38.1 Å². The van der Waals surface area contributed by atoms with E-state index in [1.807, 2.05) is 0 Å². The number of halogens is 2. The van der Waals surface area contributed by atoms with Gasteiger partial charge in [-0.1, -0.05) is 42.5 Å². The largest absolute Gasteiger partial charge is 0.412 e. The number of hydrogen-bond acceptors (Lipinski definition) is 2. The van der Waals surface area contributed by atoms with Gasteiger partial charge in [-0.2, -0.15) is 0 Å². The number of rotatable bonds is 2. The summed E-state index contributed by atoms with van der Waals surface area (Å²) in [6, 6.07) is 4.99. The van der Waals surface area contributed by atoms with Crippen LogP contribution >= 0.6 is 23.2 Å². The highest BCUT2D eigenvalue weighted by Gasteiger charge is 2.17. The van der Waals surface area contributed by atoms with E-state index in [1.165, 1.54) is 6.42 Å². The molecule has 0 atom stereocenters. The molecule has 0 aliphatic heterocycles. The van der Waals surface area contributed by atoms with E-state index in [4.69, 9.17) is 27.9 Å². The van der Waals surface area contributed by atoms with Gasteiger partial charge in [-0.05, 0) is 31.0 Å². The van der Waals surface area contributed by atoms with Gasteiger partial charge in [-0.25, -0.2) is 4.79 Å². The van der Waals surface area contributed by atoms with E-state index in [-0.39, 0.29) is 6.04 Å². The Morgan fingerprint density at radius 2 is 1.94 bits per heavy atom. The van der Waals surface area contributed by atoms with Crippen molar-refractivity contribution in [1.82, 2.24) is 5.32 Å². The minimum absolute atomic E-state index is 0.220. The van der Waals surface area contributed by atoms with Crippen molar-refractivity contribution < 1.29 is 9.53 Å². The highest BCUT2D eigenvalue weighted by atomic mass is 35.5. The average Bonchev–Trinajstić information content (AvgIpc) is 2.34. The third-order valence-electron chi connectivity index (χ3n) is 3.02. The van der Waals surface area contributed by atoms with E-state index in [9.17, 15) is 4.79 Å². The smallest absolute Gasteiger partial charge is 0.409 e. The Bertz CT molecular complexity index is 431. The lowest BCUT2D eigenvalue weighted by atomic mass is 9.96. The number of hydrogen-bond donors (Lipinski definition) is 1. The second-order valence-corrected chi connectivity index (χ2v) is 5.29. The lowest BCUT2D eigenvalue weighted by Gasteiger charge is -2.22. The predicted molar refractivity (Wildman–Crippen MR) is 72.5 cm³/mol. The van der Waals surface area contributed by atoms with Crippen LogP contribution in [0.15, 0.2) is 18.2 Å². The molecule has 3 nitrogen and oxygen atoms in total. The van der Waals surface area contributed by atoms with Crippen molar-refractivity contribution in [3.8, 4) is 5.75 Å². The first-order valence-electron chi connectivity index (χ1n) is 6.08. The predicted octanol–water partition coefficient (Wildman–Crippen LogP) is 4.41. The maximum absolute atomic E-state index is 11.7. The van der Waals surface area contributed by atoms with E-state index in [0.717, 1.165) is 25.7 Å². The van der Waals surface area contributed by atoms with Crippen molar-refractivity contribution in [3.05, 3.63) is 28.2 Å². The maximum Gasteiger partial charge on any atom is 0.412 e. The molecule has 1 aliphatic rings. The summed E-state index contributed by atoms with van der Waals surface area (Å²) >= 11 is 11.7. The van der Waals surface area contributed by atoms with Crippen molar-refractivity contribution in [2.75, 3.05) is 0 Å². The van der Waals surface area contributed by atoms with Gasteiger partial charge in [0.25, 0.3) is 0 Å². The van der Waals surface area contributed by atoms with Crippen LogP contribution < -0.4 is 10.1 Å². The zero-order valence-electron chi connectivity index (χ0n) is 9.92. The first kappa shape index (κ1) is 13.5. The van der Waals surface area contributed by atoms with Crippen LogP contribution in [-0.2, 0) is 0 Å². The van der Waals surface area contributed by atoms with Gasteiger partial charge in [-0.3, -0.25) is 0 Å². The summed E-state index contributed by atoms with van der Waals surface area (Å²) in [5, 5.41) is 3.70. The Morgan fingerprint density at radius 3 is 2.61 bits per heavy atom.